The number of amides is 2. The molecular weight excluding hydrogens is 396 g/mol. The molecule has 0 saturated carbocycles. The number of nitro benzene ring substituents is 1. The number of ether oxygens (including phenoxy) is 1. The number of nitrogens with one attached hydrogen (secondary N) is 1. The van der Waals surface area contributed by atoms with Gasteiger partial charge in [0, 0.05) is 22.8 Å². The van der Waals surface area contributed by atoms with Crippen molar-refractivity contribution in [2.24, 2.45) is 0 Å². The number of nitrogens with zero attached hydrogens (tertiary/aromatic N) is 3. The lowest BCUT2D eigenvalue weighted by atomic mass is 10.2. The van der Waals surface area contributed by atoms with Gasteiger partial charge >= 0.3 is 0 Å². The summed E-state index contributed by atoms with van der Waals surface area (Å²) in [6.45, 7) is -0.478. The van der Waals surface area contributed by atoms with Crippen LogP contribution in [0.2, 0.25) is 0 Å². The molecule has 3 rings (SSSR count). The van der Waals surface area contributed by atoms with E-state index in [0.29, 0.717) is 10.2 Å². The summed E-state index contributed by atoms with van der Waals surface area (Å²) in [6.07, 6.45) is 1.49. The van der Waals surface area contributed by atoms with Gasteiger partial charge in [-0.1, -0.05) is 0 Å². The van der Waals surface area contributed by atoms with Crippen LogP contribution in [0.3, 0.4) is 0 Å². The molecule has 9 nitrogen and oxygen atoms in total. The predicted molar refractivity (Wildman–Crippen MR) is 91.5 cm³/mol. The van der Waals surface area contributed by atoms with Crippen LogP contribution in [0.5, 0.6) is 5.75 Å². The second-order valence-corrected chi connectivity index (χ2v) is 5.92. The quantitative estimate of drug-likeness (QED) is 0.614. The van der Waals surface area contributed by atoms with Gasteiger partial charge in [0.25, 0.3) is 11.6 Å². The molecule has 0 aliphatic carbocycles. The summed E-state index contributed by atoms with van der Waals surface area (Å²) < 4.78 is 5.74. The number of carbonyl (C=O) groups excluding carboxylic acids is 2. The third-order valence-corrected chi connectivity index (χ3v) is 4.09. The van der Waals surface area contributed by atoms with E-state index in [-0.39, 0.29) is 30.3 Å². The number of rotatable bonds is 4. The third kappa shape index (κ3) is 3.58. The summed E-state index contributed by atoms with van der Waals surface area (Å²) in [4.78, 5) is 39.9. The van der Waals surface area contributed by atoms with Crippen molar-refractivity contribution < 1.29 is 19.2 Å². The van der Waals surface area contributed by atoms with Crippen LogP contribution >= 0.6 is 15.9 Å². The van der Waals surface area contributed by atoms with Gasteiger partial charge in [-0.3, -0.25) is 24.6 Å². The van der Waals surface area contributed by atoms with E-state index in [4.69, 9.17) is 4.74 Å². The molecule has 0 fully saturated rings. The number of non-ortho nitro benzene ring substituents is 1. The summed E-state index contributed by atoms with van der Waals surface area (Å²) in [5.41, 5.74) is 0.0779. The SMILES string of the molecule is O=C(CN1C(=O)COc2cccnc21)Nc1cc([N+](=O)[O-])ccc1Br. The van der Waals surface area contributed by atoms with Crippen molar-refractivity contribution in [3.05, 3.63) is 51.1 Å². The molecule has 1 aromatic heterocycles. The molecule has 0 spiro atoms. The standard InChI is InChI=1S/C15H11BrN4O5/c16-10-4-3-9(20(23)24)6-11(10)18-13(21)7-19-14(22)8-25-12-2-1-5-17-15(12)19/h1-6H,7-8H2,(H,18,21). The fourth-order valence-electron chi connectivity index (χ4n) is 2.25. The topological polar surface area (TPSA) is 115 Å². The smallest absolute Gasteiger partial charge is 0.271 e. The lowest BCUT2D eigenvalue weighted by Crippen LogP contribution is -2.44. The highest BCUT2D eigenvalue weighted by Gasteiger charge is 2.28. The Balaban J connectivity index is 1.78. The van der Waals surface area contributed by atoms with Gasteiger partial charge in [0.2, 0.25) is 5.91 Å². The van der Waals surface area contributed by atoms with E-state index < -0.39 is 16.7 Å². The molecule has 2 amide bonds. The van der Waals surface area contributed by atoms with Crippen molar-refractivity contribution in [1.29, 1.82) is 0 Å². The molecule has 2 aromatic rings. The zero-order valence-electron chi connectivity index (χ0n) is 12.6. The van der Waals surface area contributed by atoms with Crippen LogP contribution in [0.1, 0.15) is 0 Å². The zero-order valence-corrected chi connectivity index (χ0v) is 14.2. The maximum absolute atomic E-state index is 12.3. The maximum atomic E-state index is 12.3. The Hall–Kier alpha value is -3.01. The van der Waals surface area contributed by atoms with Crippen LogP contribution in [-0.4, -0.2) is 34.9 Å². The van der Waals surface area contributed by atoms with E-state index in [1.165, 1.54) is 29.3 Å². The minimum atomic E-state index is -0.562. The Kier molecular flexibility index (Phi) is 4.61. The number of hydrogen-bond donors (Lipinski definition) is 1. The molecule has 128 valence electrons. The minimum Gasteiger partial charge on any atom is -0.480 e. The number of carbonyl (C=O) groups is 2. The lowest BCUT2D eigenvalue weighted by molar-refractivity contribution is -0.384. The number of anilines is 2. The van der Waals surface area contributed by atoms with Crippen LogP contribution in [0.25, 0.3) is 0 Å². The van der Waals surface area contributed by atoms with E-state index in [2.05, 4.69) is 26.2 Å². The summed E-state index contributed by atoms with van der Waals surface area (Å²) in [7, 11) is 0. The Bertz CT molecular complexity index is 873. The van der Waals surface area contributed by atoms with Crippen molar-refractivity contribution in [2.75, 3.05) is 23.4 Å². The van der Waals surface area contributed by atoms with Gasteiger partial charge in [-0.05, 0) is 34.1 Å². The van der Waals surface area contributed by atoms with Crippen molar-refractivity contribution in [2.45, 2.75) is 0 Å². The lowest BCUT2D eigenvalue weighted by Gasteiger charge is -2.27. The largest absolute Gasteiger partial charge is 0.480 e. The number of hydrogen-bond acceptors (Lipinski definition) is 6. The van der Waals surface area contributed by atoms with Crippen molar-refractivity contribution in [1.82, 2.24) is 4.98 Å². The van der Waals surface area contributed by atoms with E-state index in [1.54, 1.807) is 12.1 Å². The molecule has 0 saturated heterocycles. The van der Waals surface area contributed by atoms with E-state index in [9.17, 15) is 19.7 Å². The summed E-state index contributed by atoms with van der Waals surface area (Å²) >= 11 is 3.22. The molecular formula is C15H11BrN4O5. The van der Waals surface area contributed by atoms with Gasteiger partial charge in [0.15, 0.2) is 18.2 Å². The summed E-state index contributed by atoms with van der Waals surface area (Å²) in [6, 6.07) is 7.31. The first-order valence-electron chi connectivity index (χ1n) is 7.07. The molecule has 0 radical (unpaired) electrons. The van der Waals surface area contributed by atoms with Gasteiger partial charge in [0.05, 0.1) is 10.6 Å². The molecule has 0 atom stereocenters. The Labute approximate surface area is 149 Å². The first kappa shape index (κ1) is 16.8. The van der Waals surface area contributed by atoms with E-state index in [1.807, 2.05) is 0 Å². The highest BCUT2D eigenvalue weighted by atomic mass is 79.9. The average Bonchev–Trinajstić information content (AvgIpc) is 2.59. The monoisotopic (exact) mass is 406 g/mol. The van der Waals surface area contributed by atoms with Gasteiger partial charge in [0.1, 0.15) is 6.54 Å². The molecule has 0 unspecified atom stereocenters. The molecule has 1 aliphatic rings. The number of aromatic nitrogens is 1. The highest BCUT2D eigenvalue weighted by Crippen LogP contribution is 2.30. The Morgan fingerprint density at radius 2 is 2.24 bits per heavy atom. The number of halogens is 1. The Morgan fingerprint density at radius 3 is 3.00 bits per heavy atom. The predicted octanol–water partition coefficient (Wildman–Crippen LogP) is 2.12. The fourth-order valence-corrected chi connectivity index (χ4v) is 2.60. The number of pyridine rings is 1. The second kappa shape index (κ2) is 6.85. The molecule has 2 heterocycles. The van der Waals surface area contributed by atoms with Crippen molar-refractivity contribution in [3.63, 3.8) is 0 Å². The molecule has 1 aliphatic heterocycles. The van der Waals surface area contributed by atoms with Gasteiger partial charge in [-0.15, -0.1) is 0 Å². The van der Waals surface area contributed by atoms with Crippen LogP contribution in [0, 0.1) is 10.1 Å². The third-order valence-electron chi connectivity index (χ3n) is 3.40. The average molecular weight is 407 g/mol. The molecule has 1 N–H and O–H groups in total. The van der Waals surface area contributed by atoms with Gasteiger partial charge in [-0.25, -0.2) is 4.98 Å². The maximum Gasteiger partial charge on any atom is 0.271 e. The normalized spacial score (nSPS) is 13.0. The molecule has 1 aromatic carbocycles. The number of benzene rings is 1. The molecule has 0 bridgehead atoms. The summed E-state index contributed by atoms with van der Waals surface area (Å²) in [5, 5.41) is 13.4. The van der Waals surface area contributed by atoms with E-state index >= 15 is 0 Å². The van der Waals surface area contributed by atoms with Gasteiger partial charge < -0.3 is 10.1 Å². The van der Waals surface area contributed by atoms with Crippen LogP contribution in [0.15, 0.2) is 41.0 Å². The van der Waals surface area contributed by atoms with E-state index in [0.717, 1.165) is 0 Å². The highest BCUT2D eigenvalue weighted by molar-refractivity contribution is 9.10. The van der Waals surface area contributed by atoms with Crippen molar-refractivity contribution in [3.8, 4) is 5.75 Å². The molecule has 25 heavy (non-hydrogen) atoms. The zero-order chi connectivity index (χ0) is 18.0. The van der Waals surface area contributed by atoms with Crippen molar-refractivity contribution >= 4 is 44.9 Å². The minimum absolute atomic E-state index is 0.159. The first-order valence-corrected chi connectivity index (χ1v) is 7.87. The number of fused-ring (bicyclic) bond motifs is 1. The molecule has 10 heteroatoms. The fraction of sp³-hybridized carbons (Fsp3) is 0.133. The van der Waals surface area contributed by atoms with Crippen LogP contribution in [0.4, 0.5) is 17.2 Å². The first-order chi connectivity index (χ1) is 12.0. The van der Waals surface area contributed by atoms with Crippen LogP contribution in [-0.2, 0) is 9.59 Å². The van der Waals surface area contributed by atoms with Crippen LogP contribution < -0.4 is 15.0 Å². The number of nitro groups is 1. The Morgan fingerprint density at radius 1 is 1.44 bits per heavy atom. The summed E-state index contributed by atoms with van der Waals surface area (Å²) in [5.74, 6) is -0.258. The second-order valence-electron chi connectivity index (χ2n) is 5.06. The van der Waals surface area contributed by atoms with Gasteiger partial charge in [-0.2, -0.15) is 0 Å².